The molecule has 1 rings (SSSR count). The van der Waals surface area contributed by atoms with Crippen LogP contribution in [-0.2, 0) is 11.3 Å². The normalized spacial score (nSPS) is 10.7. The van der Waals surface area contributed by atoms with E-state index in [2.05, 4.69) is 6.92 Å². The lowest BCUT2D eigenvalue weighted by atomic mass is 10.1. The third kappa shape index (κ3) is 6.15. The number of halogens is 1. The van der Waals surface area contributed by atoms with E-state index in [1.54, 1.807) is 0 Å². The molecule has 0 spiro atoms. The van der Waals surface area contributed by atoms with Gasteiger partial charge in [0.1, 0.15) is 5.82 Å². The van der Waals surface area contributed by atoms with Gasteiger partial charge in [0.2, 0.25) is 0 Å². The topological polar surface area (TPSA) is 46.5 Å². The van der Waals surface area contributed by atoms with Crippen molar-refractivity contribution in [3.8, 4) is 0 Å². The quantitative estimate of drug-likeness (QED) is 0.647. The van der Waals surface area contributed by atoms with Crippen molar-refractivity contribution in [3.63, 3.8) is 0 Å². The maximum absolute atomic E-state index is 13.5. The van der Waals surface area contributed by atoms with Crippen LogP contribution in [0.15, 0.2) is 18.2 Å². The second-order valence-electron chi connectivity index (χ2n) is 4.93. The molecule has 20 heavy (non-hydrogen) atoms. The van der Waals surface area contributed by atoms with E-state index < -0.39 is 11.8 Å². The average Bonchev–Trinajstić information content (AvgIpc) is 2.43. The lowest BCUT2D eigenvalue weighted by Gasteiger charge is -2.06. The third-order valence-electron chi connectivity index (χ3n) is 3.19. The Kier molecular flexibility index (Phi) is 7.88. The predicted molar refractivity (Wildman–Crippen MR) is 76.4 cm³/mol. The number of ether oxygens (including phenoxy) is 1. The predicted octanol–water partition coefficient (Wildman–Crippen LogP) is 4.40. The van der Waals surface area contributed by atoms with Crippen LogP contribution in [0.4, 0.5) is 4.39 Å². The minimum atomic E-state index is -1.05. The van der Waals surface area contributed by atoms with Gasteiger partial charge < -0.3 is 9.84 Å². The molecule has 1 aromatic rings. The summed E-state index contributed by atoms with van der Waals surface area (Å²) in [7, 11) is 0. The highest BCUT2D eigenvalue weighted by atomic mass is 19.1. The molecule has 0 aliphatic rings. The van der Waals surface area contributed by atoms with Gasteiger partial charge >= 0.3 is 5.97 Å². The summed E-state index contributed by atoms with van der Waals surface area (Å²) in [4.78, 5) is 10.8. The van der Waals surface area contributed by atoms with Crippen LogP contribution in [0.5, 0.6) is 0 Å². The summed E-state index contributed by atoms with van der Waals surface area (Å²) in [5.41, 5.74) is 0.389. The molecule has 0 amide bonds. The van der Waals surface area contributed by atoms with E-state index in [9.17, 15) is 9.18 Å². The van der Waals surface area contributed by atoms with Gasteiger partial charge in [0.25, 0.3) is 0 Å². The molecule has 1 aromatic carbocycles. The number of carboxylic acid groups (broad SMARTS) is 1. The van der Waals surface area contributed by atoms with Crippen molar-refractivity contribution in [2.24, 2.45) is 0 Å². The van der Waals surface area contributed by atoms with Crippen molar-refractivity contribution in [2.45, 2.75) is 52.1 Å². The highest BCUT2D eigenvalue weighted by Gasteiger charge is 2.08. The van der Waals surface area contributed by atoms with E-state index >= 15 is 0 Å². The second kappa shape index (κ2) is 9.48. The van der Waals surface area contributed by atoms with Crippen LogP contribution in [0, 0.1) is 5.82 Å². The zero-order valence-corrected chi connectivity index (χ0v) is 12.0. The van der Waals surface area contributed by atoms with Gasteiger partial charge in [0.05, 0.1) is 12.2 Å². The first-order valence-electron chi connectivity index (χ1n) is 7.24. The highest BCUT2D eigenvalue weighted by Crippen LogP contribution is 2.12. The van der Waals surface area contributed by atoms with Crippen LogP contribution in [0.3, 0.4) is 0 Å². The molecule has 0 saturated carbocycles. The Bertz CT molecular complexity index is 418. The van der Waals surface area contributed by atoms with Crippen LogP contribution in [0.2, 0.25) is 0 Å². The molecule has 0 heterocycles. The van der Waals surface area contributed by atoms with Gasteiger partial charge in [-0.2, -0.15) is 0 Å². The van der Waals surface area contributed by atoms with E-state index in [1.165, 1.54) is 43.9 Å². The fourth-order valence-electron chi connectivity index (χ4n) is 1.98. The number of hydrogen-bond acceptors (Lipinski definition) is 2. The van der Waals surface area contributed by atoms with Crippen LogP contribution < -0.4 is 0 Å². The van der Waals surface area contributed by atoms with Crippen molar-refractivity contribution < 1.29 is 19.0 Å². The van der Waals surface area contributed by atoms with Crippen molar-refractivity contribution in [1.82, 2.24) is 0 Å². The van der Waals surface area contributed by atoms with Crippen LogP contribution in [0.1, 0.15) is 61.4 Å². The molecule has 0 bridgehead atoms. The van der Waals surface area contributed by atoms with Crippen molar-refractivity contribution in [1.29, 1.82) is 0 Å². The number of carbonyl (C=O) groups is 1. The summed E-state index contributed by atoms with van der Waals surface area (Å²) in [5, 5.41) is 8.85. The summed E-state index contributed by atoms with van der Waals surface area (Å²) in [6, 6.07) is 3.76. The molecule has 3 nitrogen and oxygen atoms in total. The van der Waals surface area contributed by atoms with Gasteiger partial charge in [-0.15, -0.1) is 0 Å². The molecule has 0 saturated heterocycles. The highest BCUT2D eigenvalue weighted by molar-refractivity contribution is 5.87. The van der Waals surface area contributed by atoms with Crippen LogP contribution >= 0.6 is 0 Å². The molecule has 0 unspecified atom stereocenters. The lowest BCUT2D eigenvalue weighted by molar-refractivity contribution is 0.0696. The maximum atomic E-state index is 13.5. The Morgan fingerprint density at radius 2 is 1.90 bits per heavy atom. The molecule has 4 heteroatoms. The van der Waals surface area contributed by atoms with Gasteiger partial charge in [0.15, 0.2) is 0 Å². The van der Waals surface area contributed by atoms with Gasteiger partial charge in [0, 0.05) is 12.2 Å². The standard InChI is InChI=1S/C16H23FO3/c1-2-3-4-5-6-7-10-20-12-14-11-13(16(18)19)8-9-15(14)17/h8-9,11H,2-7,10,12H2,1H3,(H,18,19). The molecule has 112 valence electrons. The first-order chi connectivity index (χ1) is 9.65. The van der Waals surface area contributed by atoms with Crippen LogP contribution in [-0.4, -0.2) is 17.7 Å². The molecule has 0 aliphatic carbocycles. The summed E-state index contributed by atoms with van der Waals surface area (Å²) in [6.45, 7) is 2.90. The number of aromatic carboxylic acids is 1. The molecular formula is C16H23FO3. The van der Waals surface area contributed by atoms with Crippen molar-refractivity contribution in [3.05, 3.63) is 35.1 Å². The zero-order valence-electron chi connectivity index (χ0n) is 12.0. The minimum Gasteiger partial charge on any atom is -0.478 e. The van der Waals surface area contributed by atoms with Crippen LogP contribution in [0.25, 0.3) is 0 Å². The zero-order chi connectivity index (χ0) is 14.8. The van der Waals surface area contributed by atoms with E-state index in [4.69, 9.17) is 9.84 Å². The van der Waals surface area contributed by atoms with Gasteiger partial charge in [-0.25, -0.2) is 9.18 Å². The molecule has 0 atom stereocenters. The number of carboxylic acids is 1. The second-order valence-corrected chi connectivity index (χ2v) is 4.93. The van der Waals surface area contributed by atoms with Gasteiger partial charge in [-0.3, -0.25) is 0 Å². The van der Waals surface area contributed by atoms with E-state index in [0.29, 0.717) is 12.2 Å². The summed E-state index contributed by atoms with van der Waals surface area (Å²) < 4.78 is 18.9. The molecule has 0 fully saturated rings. The minimum absolute atomic E-state index is 0.0876. The monoisotopic (exact) mass is 282 g/mol. The maximum Gasteiger partial charge on any atom is 0.335 e. The number of benzene rings is 1. The van der Waals surface area contributed by atoms with Crippen molar-refractivity contribution in [2.75, 3.05) is 6.61 Å². The number of unbranched alkanes of at least 4 members (excludes halogenated alkanes) is 5. The lowest BCUT2D eigenvalue weighted by Crippen LogP contribution is -2.02. The van der Waals surface area contributed by atoms with E-state index in [-0.39, 0.29) is 12.2 Å². The Labute approximate surface area is 119 Å². The Hall–Kier alpha value is -1.42. The van der Waals surface area contributed by atoms with E-state index in [0.717, 1.165) is 12.8 Å². The molecular weight excluding hydrogens is 259 g/mol. The third-order valence-corrected chi connectivity index (χ3v) is 3.19. The molecule has 0 aliphatic heterocycles. The number of rotatable bonds is 10. The van der Waals surface area contributed by atoms with Crippen molar-refractivity contribution >= 4 is 5.97 Å². The summed E-state index contributed by atoms with van der Waals surface area (Å²) in [5.74, 6) is -1.47. The molecule has 0 aromatic heterocycles. The fraction of sp³-hybridized carbons (Fsp3) is 0.562. The molecule has 0 radical (unpaired) electrons. The van der Waals surface area contributed by atoms with Gasteiger partial charge in [-0.05, 0) is 24.6 Å². The Balaban J connectivity index is 2.24. The largest absolute Gasteiger partial charge is 0.478 e. The van der Waals surface area contributed by atoms with Gasteiger partial charge in [-0.1, -0.05) is 39.0 Å². The first kappa shape index (κ1) is 16.6. The Morgan fingerprint density at radius 1 is 1.20 bits per heavy atom. The number of hydrogen-bond donors (Lipinski definition) is 1. The molecule has 1 N–H and O–H groups in total. The average molecular weight is 282 g/mol. The smallest absolute Gasteiger partial charge is 0.335 e. The SMILES string of the molecule is CCCCCCCCOCc1cc(C(=O)O)ccc1F. The first-order valence-corrected chi connectivity index (χ1v) is 7.24. The fourth-order valence-corrected chi connectivity index (χ4v) is 1.98. The summed E-state index contributed by atoms with van der Waals surface area (Å²) >= 11 is 0. The summed E-state index contributed by atoms with van der Waals surface area (Å²) in [6.07, 6.45) is 7.05. The van der Waals surface area contributed by atoms with E-state index in [1.807, 2.05) is 0 Å². The Morgan fingerprint density at radius 3 is 2.60 bits per heavy atom.